The zero-order chi connectivity index (χ0) is 19.8. The van der Waals surface area contributed by atoms with Gasteiger partial charge in [0.15, 0.2) is 5.96 Å². The molecule has 1 atom stereocenters. The van der Waals surface area contributed by atoms with Crippen molar-refractivity contribution in [2.45, 2.75) is 6.04 Å². The molecule has 29 heavy (non-hydrogen) atoms. The highest BCUT2D eigenvalue weighted by Crippen LogP contribution is 2.29. The average molecular weight is 512 g/mol. The molecule has 3 rings (SSSR count). The molecule has 3 N–H and O–H groups in total. The van der Waals surface area contributed by atoms with Crippen LogP contribution in [-0.2, 0) is 4.74 Å². The first-order valence-corrected chi connectivity index (χ1v) is 9.37. The normalized spacial score (nSPS) is 15.9. The molecule has 0 bridgehead atoms. The number of aliphatic imine (C=N–C) groups is 1. The molecule has 0 amide bonds. The van der Waals surface area contributed by atoms with E-state index in [0.29, 0.717) is 29.7 Å². The van der Waals surface area contributed by atoms with Crippen LogP contribution in [0.15, 0.2) is 53.5 Å². The predicted molar refractivity (Wildman–Crippen MR) is 127 cm³/mol. The summed E-state index contributed by atoms with van der Waals surface area (Å²) in [5.74, 6) is 1.72. The Hall–Kier alpha value is -2.04. The van der Waals surface area contributed by atoms with Gasteiger partial charge in [-0.1, -0.05) is 30.3 Å². The van der Waals surface area contributed by atoms with Crippen molar-refractivity contribution < 1.29 is 14.2 Å². The number of hydrogen-bond acceptors (Lipinski definition) is 5. The van der Waals surface area contributed by atoms with Crippen LogP contribution < -0.4 is 20.5 Å². The standard InChI is InChI=1S/C21H28N4O3.HI/c1-26-17-8-9-20(27-2)18(14-17)24-21(22)23-15-19(16-6-4-3-5-7-16)25-10-12-28-13-11-25;/h3-9,14,19H,10-13,15H2,1-2H3,(H3,22,23,24);1H. The molecule has 1 fully saturated rings. The molecular weight excluding hydrogens is 483 g/mol. The van der Waals surface area contributed by atoms with Gasteiger partial charge in [0, 0.05) is 19.2 Å². The summed E-state index contributed by atoms with van der Waals surface area (Å²) < 4.78 is 16.2. The van der Waals surface area contributed by atoms with E-state index in [1.807, 2.05) is 24.3 Å². The Bertz CT molecular complexity index is 783. The molecule has 0 radical (unpaired) electrons. The summed E-state index contributed by atoms with van der Waals surface area (Å²) in [5.41, 5.74) is 8.11. The van der Waals surface area contributed by atoms with Gasteiger partial charge in [-0.25, -0.2) is 0 Å². The molecule has 1 heterocycles. The van der Waals surface area contributed by atoms with Crippen LogP contribution in [0.4, 0.5) is 5.69 Å². The van der Waals surface area contributed by atoms with Crippen LogP contribution in [-0.4, -0.2) is 57.9 Å². The van der Waals surface area contributed by atoms with E-state index in [1.54, 1.807) is 14.2 Å². The number of rotatable bonds is 7. The average Bonchev–Trinajstić information content (AvgIpc) is 2.75. The number of halogens is 1. The van der Waals surface area contributed by atoms with Gasteiger partial charge in [0.1, 0.15) is 11.5 Å². The fourth-order valence-electron chi connectivity index (χ4n) is 3.27. The topological polar surface area (TPSA) is 81.3 Å². The summed E-state index contributed by atoms with van der Waals surface area (Å²) in [6, 6.07) is 16.0. The number of nitrogens with zero attached hydrogens (tertiary/aromatic N) is 2. The number of guanidine groups is 1. The molecular formula is C21H29IN4O3. The minimum absolute atomic E-state index is 0. The second kappa shape index (κ2) is 11.8. The monoisotopic (exact) mass is 512 g/mol. The van der Waals surface area contributed by atoms with E-state index in [9.17, 15) is 0 Å². The van der Waals surface area contributed by atoms with Crippen LogP contribution in [0.2, 0.25) is 0 Å². The molecule has 1 aliphatic rings. The molecule has 1 aliphatic heterocycles. The zero-order valence-corrected chi connectivity index (χ0v) is 19.2. The highest BCUT2D eigenvalue weighted by Gasteiger charge is 2.22. The molecule has 2 aromatic rings. The lowest BCUT2D eigenvalue weighted by molar-refractivity contribution is 0.0180. The molecule has 158 valence electrons. The van der Waals surface area contributed by atoms with E-state index < -0.39 is 0 Å². The van der Waals surface area contributed by atoms with Crippen LogP contribution >= 0.6 is 24.0 Å². The zero-order valence-electron chi connectivity index (χ0n) is 16.8. The molecule has 0 spiro atoms. The van der Waals surface area contributed by atoms with Crippen molar-refractivity contribution >= 4 is 35.6 Å². The highest BCUT2D eigenvalue weighted by molar-refractivity contribution is 14.0. The largest absolute Gasteiger partial charge is 0.497 e. The van der Waals surface area contributed by atoms with Crippen LogP contribution in [0, 0.1) is 0 Å². The van der Waals surface area contributed by atoms with Gasteiger partial charge in [0.25, 0.3) is 0 Å². The van der Waals surface area contributed by atoms with E-state index in [0.717, 1.165) is 26.3 Å². The van der Waals surface area contributed by atoms with Crippen molar-refractivity contribution in [2.75, 3.05) is 52.4 Å². The number of ether oxygens (including phenoxy) is 3. The third kappa shape index (κ3) is 6.48. The van der Waals surface area contributed by atoms with Gasteiger partial charge in [0.05, 0.1) is 45.7 Å². The summed E-state index contributed by atoms with van der Waals surface area (Å²) in [6.07, 6.45) is 0. The minimum atomic E-state index is 0. The molecule has 1 saturated heterocycles. The fourth-order valence-corrected chi connectivity index (χ4v) is 3.27. The molecule has 1 unspecified atom stereocenters. The summed E-state index contributed by atoms with van der Waals surface area (Å²) >= 11 is 0. The summed E-state index contributed by atoms with van der Waals surface area (Å²) in [4.78, 5) is 7.00. The Kier molecular flexibility index (Phi) is 9.49. The highest BCUT2D eigenvalue weighted by atomic mass is 127. The Morgan fingerprint density at radius 3 is 2.52 bits per heavy atom. The van der Waals surface area contributed by atoms with Crippen molar-refractivity contribution in [3.63, 3.8) is 0 Å². The SMILES string of the molecule is COc1ccc(OC)c(NC(N)=NCC(c2ccccc2)N2CCOCC2)c1.I. The number of nitrogens with two attached hydrogens (primary N) is 1. The molecule has 0 aliphatic carbocycles. The van der Waals surface area contributed by atoms with Gasteiger partial charge in [-0.05, 0) is 17.7 Å². The lowest BCUT2D eigenvalue weighted by Gasteiger charge is -2.34. The van der Waals surface area contributed by atoms with Gasteiger partial charge < -0.3 is 25.3 Å². The summed E-state index contributed by atoms with van der Waals surface area (Å²) in [5, 5.41) is 3.13. The Labute approximate surface area is 189 Å². The Balaban J connectivity index is 0.00000300. The first-order valence-electron chi connectivity index (χ1n) is 9.37. The van der Waals surface area contributed by atoms with Crippen molar-refractivity contribution in [3.05, 3.63) is 54.1 Å². The minimum Gasteiger partial charge on any atom is -0.497 e. The van der Waals surface area contributed by atoms with E-state index >= 15 is 0 Å². The molecule has 2 aromatic carbocycles. The second-order valence-electron chi connectivity index (χ2n) is 6.49. The number of benzene rings is 2. The van der Waals surface area contributed by atoms with Gasteiger partial charge in [-0.15, -0.1) is 24.0 Å². The van der Waals surface area contributed by atoms with Crippen LogP contribution in [0.1, 0.15) is 11.6 Å². The van der Waals surface area contributed by atoms with Gasteiger partial charge in [-0.2, -0.15) is 0 Å². The van der Waals surface area contributed by atoms with Gasteiger partial charge >= 0.3 is 0 Å². The molecule has 7 nitrogen and oxygen atoms in total. The number of methoxy groups -OCH3 is 2. The summed E-state index contributed by atoms with van der Waals surface area (Å²) in [7, 11) is 3.24. The van der Waals surface area contributed by atoms with E-state index in [1.165, 1.54) is 5.56 Å². The molecule has 0 aromatic heterocycles. The maximum absolute atomic E-state index is 6.18. The van der Waals surface area contributed by atoms with E-state index in [-0.39, 0.29) is 30.0 Å². The number of anilines is 1. The second-order valence-corrected chi connectivity index (χ2v) is 6.49. The summed E-state index contributed by atoms with van der Waals surface area (Å²) in [6.45, 7) is 3.79. The number of nitrogens with one attached hydrogen (secondary N) is 1. The molecule has 0 saturated carbocycles. The maximum atomic E-state index is 6.18. The maximum Gasteiger partial charge on any atom is 0.193 e. The molecule has 8 heteroatoms. The van der Waals surface area contributed by atoms with Crippen molar-refractivity contribution in [3.8, 4) is 11.5 Å². The van der Waals surface area contributed by atoms with Crippen molar-refractivity contribution in [1.82, 2.24) is 4.90 Å². The first kappa shape index (κ1) is 23.2. The van der Waals surface area contributed by atoms with Gasteiger partial charge in [0.2, 0.25) is 0 Å². The van der Waals surface area contributed by atoms with E-state index in [2.05, 4.69) is 39.5 Å². The lowest BCUT2D eigenvalue weighted by atomic mass is 10.1. The van der Waals surface area contributed by atoms with Crippen LogP contribution in [0.25, 0.3) is 0 Å². The fraction of sp³-hybridized carbons (Fsp3) is 0.381. The van der Waals surface area contributed by atoms with Crippen LogP contribution in [0.3, 0.4) is 0 Å². The number of morpholine rings is 1. The van der Waals surface area contributed by atoms with Crippen molar-refractivity contribution in [2.24, 2.45) is 10.7 Å². The smallest absolute Gasteiger partial charge is 0.193 e. The predicted octanol–water partition coefficient (Wildman–Crippen LogP) is 3.12. The lowest BCUT2D eigenvalue weighted by Crippen LogP contribution is -2.40. The first-order chi connectivity index (χ1) is 13.7. The van der Waals surface area contributed by atoms with Crippen molar-refractivity contribution in [1.29, 1.82) is 0 Å². The number of hydrogen-bond donors (Lipinski definition) is 2. The third-order valence-corrected chi connectivity index (χ3v) is 4.77. The Morgan fingerprint density at radius 2 is 1.86 bits per heavy atom. The Morgan fingerprint density at radius 1 is 1.14 bits per heavy atom. The van der Waals surface area contributed by atoms with E-state index in [4.69, 9.17) is 19.9 Å². The third-order valence-electron chi connectivity index (χ3n) is 4.77. The quantitative estimate of drug-likeness (QED) is 0.337. The van der Waals surface area contributed by atoms with Gasteiger partial charge in [-0.3, -0.25) is 9.89 Å². The van der Waals surface area contributed by atoms with Crippen LogP contribution in [0.5, 0.6) is 11.5 Å².